The third-order valence-electron chi connectivity index (χ3n) is 4.26. The van der Waals surface area contributed by atoms with Crippen molar-refractivity contribution in [2.24, 2.45) is 0 Å². The van der Waals surface area contributed by atoms with Crippen molar-refractivity contribution < 1.29 is 13.2 Å². The summed E-state index contributed by atoms with van der Waals surface area (Å²) in [4.78, 5) is 0. The molecule has 0 saturated heterocycles. The standard InChI is InChI=1S/C22H25F3/c1-2-3-4-5-6-7-8-17-9-11-18(12-10-17)13-14-19-15-20(23)22(25)21(24)16-19/h7-12,15-16H,2-6,13-14H2,1H3/b8-7+. The number of aryl methyl sites for hydroxylation is 2. The van der Waals surface area contributed by atoms with Gasteiger partial charge in [0.05, 0.1) is 0 Å². The lowest BCUT2D eigenvalue weighted by Gasteiger charge is -2.05. The first-order valence-corrected chi connectivity index (χ1v) is 8.99. The van der Waals surface area contributed by atoms with Gasteiger partial charge in [0.25, 0.3) is 0 Å². The van der Waals surface area contributed by atoms with Crippen LogP contribution >= 0.6 is 0 Å². The predicted molar refractivity (Wildman–Crippen MR) is 98.0 cm³/mol. The molecule has 0 aliphatic rings. The molecule has 0 bridgehead atoms. The van der Waals surface area contributed by atoms with Crippen molar-refractivity contribution in [2.75, 3.05) is 0 Å². The molecule has 2 aromatic rings. The van der Waals surface area contributed by atoms with E-state index in [9.17, 15) is 13.2 Å². The van der Waals surface area contributed by atoms with E-state index in [1.165, 1.54) is 25.7 Å². The lowest BCUT2D eigenvalue weighted by atomic mass is 10.0. The molecule has 2 aromatic carbocycles. The normalized spacial score (nSPS) is 11.4. The van der Waals surface area contributed by atoms with Crippen molar-refractivity contribution in [3.05, 3.63) is 76.6 Å². The van der Waals surface area contributed by atoms with Crippen LogP contribution in [0.5, 0.6) is 0 Å². The molecule has 0 heterocycles. The van der Waals surface area contributed by atoms with Gasteiger partial charge in [-0.1, -0.05) is 62.6 Å². The van der Waals surface area contributed by atoms with Gasteiger partial charge in [-0.25, -0.2) is 13.2 Å². The fourth-order valence-electron chi connectivity index (χ4n) is 2.74. The summed E-state index contributed by atoms with van der Waals surface area (Å²) in [5.74, 6) is -3.67. The summed E-state index contributed by atoms with van der Waals surface area (Å²) < 4.78 is 39.4. The number of hydrogen-bond donors (Lipinski definition) is 0. The molecule has 0 fully saturated rings. The first-order chi connectivity index (χ1) is 12.1. The maximum atomic E-state index is 13.2. The summed E-state index contributed by atoms with van der Waals surface area (Å²) in [6.45, 7) is 2.21. The van der Waals surface area contributed by atoms with Crippen LogP contribution in [0, 0.1) is 17.5 Å². The molecular weight excluding hydrogens is 321 g/mol. The molecule has 0 spiro atoms. The van der Waals surface area contributed by atoms with E-state index in [-0.39, 0.29) is 0 Å². The average Bonchev–Trinajstić information content (AvgIpc) is 2.61. The average molecular weight is 346 g/mol. The fourth-order valence-corrected chi connectivity index (χ4v) is 2.74. The number of rotatable bonds is 9. The number of unbranched alkanes of at least 4 members (excludes halogenated alkanes) is 4. The highest BCUT2D eigenvalue weighted by Crippen LogP contribution is 2.16. The molecule has 0 amide bonds. The minimum absolute atomic E-state index is 0.465. The SMILES string of the molecule is CCCCCC/C=C/c1ccc(CCc2cc(F)c(F)c(F)c2)cc1. The highest BCUT2D eigenvalue weighted by Gasteiger charge is 2.10. The van der Waals surface area contributed by atoms with Crippen LogP contribution in [0.3, 0.4) is 0 Å². The monoisotopic (exact) mass is 346 g/mol. The Morgan fingerprint density at radius 1 is 0.800 bits per heavy atom. The molecular formula is C22H25F3. The minimum Gasteiger partial charge on any atom is -0.204 e. The number of hydrogen-bond acceptors (Lipinski definition) is 0. The quantitative estimate of drug-likeness (QED) is 0.343. The van der Waals surface area contributed by atoms with E-state index >= 15 is 0 Å². The summed E-state index contributed by atoms with van der Waals surface area (Å²) in [5.41, 5.74) is 2.70. The molecule has 134 valence electrons. The highest BCUT2D eigenvalue weighted by atomic mass is 19.2. The number of allylic oxidation sites excluding steroid dienone is 1. The van der Waals surface area contributed by atoms with Crippen LogP contribution in [-0.2, 0) is 12.8 Å². The molecule has 0 saturated carbocycles. The molecule has 0 aliphatic heterocycles. The second-order valence-corrected chi connectivity index (χ2v) is 6.37. The lowest BCUT2D eigenvalue weighted by molar-refractivity contribution is 0.445. The Morgan fingerprint density at radius 3 is 2.08 bits per heavy atom. The van der Waals surface area contributed by atoms with Gasteiger partial charge < -0.3 is 0 Å². The Kier molecular flexibility index (Phi) is 7.77. The van der Waals surface area contributed by atoms with Gasteiger partial charge in [0, 0.05) is 0 Å². The molecule has 0 radical (unpaired) electrons. The zero-order chi connectivity index (χ0) is 18.1. The summed E-state index contributed by atoms with van der Waals surface area (Å²) >= 11 is 0. The van der Waals surface area contributed by atoms with Gasteiger partial charge >= 0.3 is 0 Å². The topological polar surface area (TPSA) is 0 Å². The van der Waals surface area contributed by atoms with E-state index in [1.54, 1.807) is 0 Å². The van der Waals surface area contributed by atoms with Crippen LogP contribution in [0.1, 0.15) is 55.7 Å². The van der Waals surface area contributed by atoms with Gasteiger partial charge in [-0.3, -0.25) is 0 Å². The van der Waals surface area contributed by atoms with E-state index in [0.29, 0.717) is 18.4 Å². The van der Waals surface area contributed by atoms with Crippen molar-refractivity contribution in [1.29, 1.82) is 0 Å². The maximum Gasteiger partial charge on any atom is 0.194 e. The summed E-state index contributed by atoms with van der Waals surface area (Å²) in [6.07, 6.45) is 11.6. The highest BCUT2D eigenvalue weighted by molar-refractivity contribution is 5.49. The van der Waals surface area contributed by atoms with Gasteiger partial charge in [0.15, 0.2) is 17.5 Å². The molecule has 3 heteroatoms. The van der Waals surface area contributed by atoms with Crippen molar-refractivity contribution >= 4 is 6.08 Å². The Hall–Kier alpha value is -2.03. The Morgan fingerprint density at radius 2 is 1.44 bits per heavy atom. The van der Waals surface area contributed by atoms with Gasteiger partial charge in [0.1, 0.15) is 0 Å². The molecule has 0 aromatic heterocycles. The predicted octanol–water partition coefficient (Wildman–Crippen LogP) is 6.87. The smallest absolute Gasteiger partial charge is 0.194 e. The van der Waals surface area contributed by atoms with E-state index in [2.05, 4.69) is 19.1 Å². The summed E-state index contributed by atoms with van der Waals surface area (Å²) in [5, 5.41) is 0. The van der Waals surface area contributed by atoms with Crippen molar-refractivity contribution in [3.8, 4) is 0 Å². The molecule has 0 N–H and O–H groups in total. The van der Waals surface area contributed by atoms with Gasteiger partial charge in [-0.15, -0.1) is 0 Å². The largest absolute Gasteiger partial charge is 0.204 e. The zero-order valence-corrected chi connectivity index (χ0v) is 14.7. The molecule has 0 unspecified atom stereocenters. The van der Waals surface area contributed by atoms with E-state index < -0.39 is 17.5 Å². The Labute approximate surface area is 148 Å². The van der Waals surface area contributed by atoms with Crippen molar-refractivity contribution in [1.82, 2.24) is 0 Å². The summed E-state index contributed by atoms with van der Waals surface area (Å²) in [6, 6.07) is 10.3. The molecule has 0 atom stereocenters. The van der Waals surface area contributed by atoms with Crippen molar-refractivity contribution in [3.63, 3.8) is 0 Å². The fraction of sp³-hybridized carbons (Fsp3) is 0.364. The molecule has 0 nitrogen and oxygen atoms in total. The van der Waals surface area contributed by atoms with Crippen molar-refractivity contribution in [2.45, 2.75) is 51.9 Å². The van der Waals surface area contributed by atoms with Crippen LogP contribution in [0.2, 0.25) is 0 Å². The Balaban J connectivity index is 1.83. The van der Waals surface area contributed by atoms with Crippen LogP contribution in [0.25, 0.3) is 6.08 Å². The van der Waals surface area contributed by atoms with Crippen LogP contribution < -0.4 is 0 Å². The first kappa shape index (κ1) is 19.3. The molecule has 25 heavy (non-hydrogen) atoms. The van der Waals surface area contributed by atoms with Gasteiger partial charge in [0.2, 0.25) is 0 Å². The minimum atomic E-state index is -1.41. The lowest BCUT2D eigenvalue weighted by Crippen LogP contribution is -1.97. The second-order valence-electron chi connectivity index (χ2n) is 6.37. The molecule has 0 aliphatic carbocycles. The maximum absolute atomic E-state index is 13.2. The summed E-state index contributed by atoms with van der Waals surface area (Å²) in [7, 11) is 0. The molecule has 2 rings (SSSR count). The van der Waals surface area contributed by atoms with Crippen LogP contribution in [-0.4, -0.2) is 0 Å². The second kappa shape index (κ2) is 10.1. The van der Waals surface area contributed by atoms with E-state index in [4.69, 9.17) is 0 Å². The number of halogens is 3. The van der Waals surface area contributed by atoms with E-state index in [1.807, 2.05) is 24.3 Å². The number of benzene rings is 2. The Bertz CT molecular complexity index is 664. The zero-order valence-electron chi connectivity index (χ0n) is 14.7. The van der Waals surface area contributed by atoms with Gasteiger partial charge in [-0.2, -0.15) is 0 Å². The first-order valence-electron chi connectivity index (χ1n) is 8.99. The third kappa shape index (κ3) is 6.41. The van der Waals surface area contributed by atoms with Gasteiger partial charge in [-0.05, 0) is 54.5 Å². The third-order valence-corrected chi connectivity index (χ3v) is 4.26. The van der Waals surface area contributed by atoms with Crippen LogP contribution in [0.15, 0.2) is 42.5 Å². The van der Waals surface area contributed by atoms with Crippen LogP contribution in [0.4, 0.5) is 13.2 Å². The van der Waals surface area contributed by atoms with E-state index in [0.717, 1.165) is 29.7 Å².